The van der Waals surface area contributed by atoms with Gasteiger partial charge < -0.3 is 10.2 Å². The molecular weight excluding hydrogens is 391 g/mol. The van der Waals surface area contributed by atoms with Crippen molar-refractivity contribution in [2.75, 3.05) is 24.5 Å². The van der Waals surface area contributed by atoms with E-state index in [4.69, 9.17) is 0 Å². The second-order valence-electron chi connectivity index (χ2n) is 4.80. The van der Waals surface area contributed by atoms with E-state index in [1.165, 1.54) is 13.7 Å². The fourth-order valence-corrected chi connectivity index (χ4v) is 3.28. The second kappa shape index (κ2) is 5.89. The van der Waals surface area contributed by atoms with Gasteiger partial charge in [0, 0.05) is 33.7 Å². The fraction of sp³-hybridized carbons (Fsp3) is 0.538. The summed E-state index contributed by atoms with van der Waals surface area (Å²) in [5.41, 5.74) is 1.33. The number of nitrogens with one attached hydrogen (secondary N) is 1. The molecule has 2 nitrogen and oxygen atoms in total. The van der Waals surface area contributed by atoms with Crippen LogP contribution in [0.3, 0.4) is 0 Å². The molecule has 1 aromatic rings. The molecule has 1 heterocycles. The molecule has 94 valence electrons. The predicted molar refractivity (Wildman–Crippen MR) is 85.7 cm³/mol. The van der Waals surface area contributed by atoms with Crippen molar-refractivity contribution in [3.8, 4) is 0 Å². The maximum Gasteiger partial charge on any atom is 0.0524 e. The summed E-state index contributed by atoms with van der Waals surface area (Å²) in [6.45, 7) is 7.83. The molecule has 0 aromatic heterocycles. The van der Waals surface area contributed by atoms with Gasteiger partial charge in [0.2, 0.25) is 0 Å². The van der Waals surface area contributed by atoms with Gasteiger partial charge in [0.15, 0.2) is 0 Å². The van der Waals surface area contributed by atoms with E-state index in [-0.39, 0.29) is 0 Å². The maximum absolute atomic E-state index is 3.68. The van der Waals surface area contributed by atoms with Gasteiger partial charge in [-0.2, -0.15) is 0 Å². The van der Waals surface area contributed by atoms with Crippen molar-refractivity contribution in [1.29, 1.82) is 0 Å². The van der Waals surface area contributed by atoms with Gasteiger partial charge in [0.1, 0.15) is 0 Å². The van der Waals surface area contributed by atoms with E-state index in [1.54, 1.807) is 0 Å². The number of nitrogens with zero attached hydrogens (tertiary/aromatic N) is 1. The Morgan fingerprint density at radius 3 is 2.94 bits per heavy atom. The first-order valence-electron chi connectivity index (χ1n) is 6.02. The standard InChI is InChI=1S/C13H18BrIN2/c1-9(2)13-8-16-5-6-17(13)12-7-10(15)3-4-11(12)14/h3-4,7,9,13,16H,5-6,8H2,1-2H3. The molecule has 0 spiro atoms. The van der Waals surface area contributed by atoms with E-state index in [1.807, 2.05) is 0 Å². The first kappa shape index (κ1) is 13.6. The van der Waals surface area contributed by atoms with E-state index in [9.17, 15) is 0 Å². The SMILES string of the molecule is CC(C)C1CNCCN1c1cc(I)ccc1Br. The van der Waals surface area contributed by atoms with Gasteiger partial charge in [-0.3, -0.25) is 0 Å². The smallest absolute Gasteiger partial charge is 0.0524 e. The molecule has 1 aliphatic rings. The van der Waals surface area contributed by atoms with E-state index in [2.05, 4.69) is 80.8 Å². The van der Waals surface area contributed by atoms with Crippen molar-refractivity contribution in [3.63, 3.8) is 0 Å². The highest BCUT2D eigenvalue weighted by Crippen LogP contribution is 2.31. The number of halogens is 2. The summed E-state index contributed by atoms with van der Waals surface area (Å²) in [6, 6.07) is 7.14. The molecule has 1 fully saturated rings. The molecule has 1 N–H and O–H groups in total. The molecule has 0 radical (unpaired) electrons. The van der Waals surface area contributed by atoms with Crippen molar-refractivity contribution < 1.29 is 0 Å². The Balaban J connectivity index is 2.32. The lowest BCUT2D eigenvalue weighted by molar-refractivity contribution is 0.390. The van der Waals surface area contributed by atoms with E-state index in [0.717, 1.165) is 19.6 Å². The lowest BCUT2D eigenvalue weighted by Gasteiger charge is -2.40. The molecule has 0 amide bonds. The van der Waals surface area contributed by atoms with Crippen LogP contribution in [0.2, 0.25) is 0 Å². The average Bonchev–Trinajstić information content (AvgIpc) is 2.32. The van der Waals surface area contributed by atoms with Crippen LogP contribution in [0, 0.1) is 9.49 Å². The van der Waals surface area contributed by atoms with Crippen molar-refractivity contribution in [1.82, 2.24) is 5.32 Å². The number of benzene rings is 1. The molecule has 1 atom stereocenters. The highest BCUT2D eigenvalue weighted by Gasteiger charge is 2.26. The average molecular weight is 409 g/mol. The Bertz CT molecular complexity index is 395. The first-order chi connectivity index (χ1) is 8.09. The zero-order valence-electron chi connectivity index (χ0n) is 10.2. The summed E-state index contributed by atoms with van der Waals surface area (Å²) in [5.74, 6) is 0.660. The van der Waals surface area contributed by atoms with Gasteiger partial charge in [0.25, 0.3) is 0 Å². The highest BCUT2D eigenvalue weighted by atomic mass is 127. The molecule has 2 rings (SSSR count). The molecule has 1 unspecified atom stereocenters. The molecule has 1 aromatic carbocycles. The van der Waals surface area contributed by atoms with Gasteiger partial charge >= 0.3 is 0 Å². The molecule has 0 bridgehead atoms. The Kier molecular flexibility index (Phi) is 4.72. The second-order valence-corrected chi connectivity index (χ2v) is 6.90. The molecule has 17 heavy (non-hydrogen) atoms. The Morgan fingerprint density at radius 2 is 2.24 bits per heavy atom. The van der Waals surface area contributed by atoms with Crippen LogP contribution in [-0.4, -0.2) is 25.7 Å². The van der Waals surface area contributed by atoms with Gasteiger partial charge in [-0.15, -0.1) is 0 Å². The highest BCUT2D eigenvalue weighted by molar-refractivity contribution is 14.1. The van der Waals surface area contributed by atoms with Crippen molar-refractivity contribution in [2.24, 2.45) is 5.92 Å². The fourth-order valence-electron chi connectivity index (χ4n) is 2.33. The summed E-state index contributed by atoms with van der Waals surface area (Å²) in [4.78, 5) is 2.54. The third kappa shape index (κ3) is 3.15. The van der Waals surface area contributed by atoms with Gasteiger partial charge in [-0.25, -0.2) is 0 Å². The van der Waals surface area contributed by atoms with Crippen LogP contribution >= 0.6 is 38.5 Å². The lowest BCUT2D eigenvalue weighted by atomic mass is 10.00. The van der Waals surface area contributed by atoms with Crippen LogP contribution in [0.15, 0.2) is 22.7 Å². The van der Waals surface area contributed by atoms with Crippen LogP contribution in [0.1, 0.15) is 13.8 Å². The number of piperazine rings is 1. The molecule has 1 saturated heterocycles. The zero-order chi connectivity index (χ0) is 12.4. The number of anilines is 1. The minimum atomic E-state index is 0.582. The third-order valence-electron chi connectivity index (χ3n) is 3.27. The topological polar surface area (TPSA) is 15.3 Å². The molecule has 0 aliphatic carbocycles. The summed E-state index contributed by atoms with van der Waals surface area (Å²) in [5, 5.41) is 3.49. The van der Waals surface area contributed by atoms with Crippen molar-refractivity contribution in [2.45, 2.75) is 19.9 Å². The van der Waals surface area contributed by atoms with Crippen LogP contribution in [0.4, 0.5) is 5.69 Å². The minimum absolute atomic E-state index is 0.582. The number of hydrogen-bond donors (Lipinski definition) is 1. The van der Waals surface area contributed by atoms with Crippen molar-refractivity contribution >= 4 is 44.2 Å². The van der Waals surface area contributed by atoms with Crippen LogP contribution in [-0.2, 0) is 0 Å². The zero-order valence-corrected chi connectivity index (χ0v) is 14.0. The summed E-state index contributed by atoms with van der Waals surface area (Å²) in [7, 11) is 0. The Morgan fingerprint density at radius 1 is 1.47 bits per heavy atom. The summed E-state index contributed by atoms with van der Waals surface area (Å²) >= 11 is 6.06. The van der Waals surface area contributed by atoms with E-state index in [0.29, 0.717) is 12.0 Å². The van der Waals surface area contributed by atoms with Crippen LogP contribution in [0.5, 0.6) is 0 Å². The predicted octanol–water partition coefficient (Wildman–Crippen LogP) is 3.49. The van der Waals surface area contributed by atoms with Gasteiger partial charge in [-0.05, 0) is 62.6 Å². The molecular formula is C13H18BrIN2. The molecule has 4 heteroatoms. The normalized spacial score (nSPS) is 21.0. The summed E-state index contributed by atoms with van der Waals surface area (Å²) < 4.78 is 2.49. The quantitative estimate of drug-likeness (QED) is 0.753. The van der Waals surface area contributed by atoms with E-state index >= 15 is 0 Å². The lowest BCUT2D eigenvalue weighted by Crippen LogP contribution is -2.53. The van der Waals surface area contributed by atoms with Crippen LogP contribution < -0.4 is 10.2 Å². The van der Waals surface area contributed by atoms with Gasteiger partial charge in [0.05, 0.1) is 5.69 Å². The number of rotatable bonds is 2. The first-order valence-corrected chi connectivity index (χ1v) is 7.89. The maximum atomic E-state index is 3.68. The third-order valence-corrected chi connectivity index (χ3v) is 4.61. The summed E-state index contributed by atoms with van der Waals surface area (Å²) in [6.07, 6.45) is 0. The number of hydrogen-bond acceptors (Lipinski definition) is 2. The molecule has 0 saturated carbocycles. The largest absolute Gasteiger partial charge is 0.365 e. The van der Waals surface area contributed by atoms with E-state index < -0.39 is 0 Å². The monoisotopic (exact) mass is 408 g/mol. The minimum Gasteiger partial charge on any atom is -0.365 e. The Hall–Kier alpha value is 0.190. The van der Waals surface area contributed by atoms with Gasteiger partial charge in [-0.1, -0.05) is 13.8 Å². The van der Waals surface area contributed by atoms with Crippen LogP contribution in [0.25, 0.3) is 0 Å². The Labute approximate surface area is 125 Å². The van der Waals surface area contributed by atoms with Crippen molar-refractivity contribution in [3.05, 3.63) is 26.2 Å². The molecule has 1 aliphatic heterocycles.